The Morgan fingerprint density at radius 3 is 1.89 bits per heavy atom. The first-order chi connectivity index (χ1) is 9.09. The SMILES string of the molecule is CC.CC.CC1CCC(c2ccccc2)CC1(C)C. The van der Waals surface area contributed by atoms with E-state index in [1.54, 1.807) is 0 Å². The number of hydrogen-bond donors (Lipinski definition) is 0. The zero-order valence-electron chi connectivity index (χ0n) is 14.2. The van der Waals surface area contributed by atoms with Crippen LogP contribution in [0.5, 0.6) is 0 Å². The molecule has 1 saturated carbocycles. The molecule has 0 nitrogen and oxygen atoms in total. The molecule has 2 unspecified atom stereocenters. The van der Waals surface area contributed by atoms with Crippen molar-refractivity contribution in [3.05, 3.63) is 35.9 Å². The minimum absolute atomic E-state index is 0.513. The zero-order chi connectivity index (χ0) is 14.9. The van der Waals surface area contributed by atoms with Crippen LogP contribution in [-0.2, 0) is 0 Å². The average Bonchev–Trinajstić information content (AvgIpc) is 2.47. The average molecular weight is 262 g/mol. The molecule has 0 aromatic heterocycles. The minimum atomic E-state index is 0.513. The Bertz CT molecular complexity index is 310. The third-order valence-corrected chi connectivity index (χ3v) is 4.33. The van der Waals surface area contributed by atoms with Crippen molar-refractivity contribution >= 4 is 0 Å². The lowest BCUT2D eigenvalue weighted by Gasteiger charge is -2.41. The van der Waals surface area contributed by atoms with E-state index in [1.807, 2.05) is 27.7 Å². The summed E-state index contributed by atoms with van der Waals surface area (Å²) in [4.78, 5) is 0. The summed E-state index contributed by atoms with van der Waals surface area (Å²) in [6.45, 7) is 15.3. The van der Waals surface area contributed by atoms with Crippen LogP contribution in [0.25, 0.3) is 0 Å². The summed E-state index contributed by atoms with van der Waals surface area (Å²) in [7, 11) is 0. The van der Waals surface area contributed by atoms with Crippen LogP contribution in [0, 0.1) is 11.3 Å². The lowest BCUT2D eigenvalue weighted by molar-refractivity contribution is 0.136. The fourth-order valence-electron chi connectivity index (χ4n) is 2.79. The Morgan fingerprint density at radius 1 is 0.895 bits per heavy atom. The van der Waals surface area contributed by atoms with E-state index < -0.39 is 0 Å². The molecule has 1 fully saturated rings. The summed E-state index contributed by atoms with van der Waals surface area (Å²) in [5, 5.41) is 0. The molecule has 0 N–H and O–H groups in total. The third kappa shape index (κ3) is 5.38. The maximum atomic E-state index is 2.42. The number of hydrogen-bond acceptors (Lipinski definition) is 0. The van der Waals surface area contributed by atoms with Crippen LogP contribution in [0.4, 0.5) is 0 Å². The molecule has 110 valence electrons. The standard InChI is InChI=1S/C15H22.2C2H6/c1-12-9-10-14(11-15(12,2)3)13-7-5-4-6-8-13;2*1-2/h4-8,12,14H,9-11H2,1-3H3;2*1-2H3. The van der Waals surface area contributed by atoms with Crippen LogP contribution < -0.4 is 0 Å². The second-order valence-corrected chi connectivity index (χ2v) is 5.78. The fourth-order valence-corrected chi connectivity index (χ4v) is 2.79. The van der Waals surface area contributed by atoms with Crippen molar-refractivity contribution in [1.82, 2.24) is 0 Å². The molecular weight excluding hydrogens is 228 g/mol. The molecule has 0 radical (unpaired) electrons. The normalized spacial score (nSPS) is 24.4. The molecule has 0 heterocycles. The predicted molar refractivity (Wildman–Crippen MR) is 88.7 cm³/mol. The Balaban J connectivity index is 0.000000741. The van der Waals surface area contributed by atoms with Crippen molar-refractivity contribution in [3.8, 4) is 0 Å². The van der Waals surface area contributed by atoms with Crippen LogP contribution >= 0.6 is 0 Å². The molecule has 1 aromatic carbocycles. The molecule has 0 heteroatoms. The van der Waals surface area contributed by atoms with E-state index in [0.717, 1.165) is 11.8 Å². The summed E-state index contributed by atoms with van der Waals surface area (Å²) >= 11 is 0. The van der Waals surface area contributed by atoms with Gasteiger partial charge in [-0.1, -0.05) is 78.8 Å². The van der Waals surface area contributed by atoms with Crippen LogP contribution in [0.15, 0.2) is 30.3 Å². The second kappa shape index (κ2) is 9.18. The molecule has 19 heavy (non-hydrogen) atoms. The van der Waals surface area contributed by atoms with Gasteiger partial charge in [0.25, 0.3) is 0 Å². The van der Waals surface area contributed by atoms with Gasteiger partial charge in [-0.3, -0.25) is 0 Å². The highest BCUT2D eigenvalue weighted by Crippen LogP contribution is 2.46. The van der Waals surface area contributed by atoms with Crippen molar-refractivity contribution in [1.29, 1.82) is 0 Å². The quantitative estimate of drug-likeness (QED) is 0.530. The second-order valence-electron chi connectivity index (χ2n) is 5.78. The molecule has 0 saturated heterocycles. The van der Waals surface area contributed by atoms with Crippen LogP contribution in [0.2, 0.25) is 0 Å². The van der Waals surface area contributed by atoms with Gasteiger partial charge in [0.2, 0.25) is 0 Å². The lowest BCUT2D eigenvalue weighted by atomic mass is 9.64. The van der Waals surface area contributed by atoms with Gasteiger partial charge >= 0.3 is 0 Å². The molecule has 1 aliphatic rings. The minimum Gasteiger partial charge on any atom is -0.0683 e. The molecule has 0 bridgehead atoms. The van der Waals surface area contributed by atoms with E-state index in [-0.39, 0.29) is 0 Å². The number of benzene rings is 1. The largest absolute Gasteiger partial charge is 0.0683 e. The highest BCUT2D eigenvalue weighted by molar-refractivity contribution is 5.20. The van der Waals surface area contributed by atoms with Gasteiger partial charge < -0.3 is 0 Å². The van der Waals surface area contributed by atoms with Gasteiger partial charge in [0, 0.05) is 0 Å². The lowest BCUT2D eigenvalue weighted by Crippen LogP contribution is -2.29. The summed E-state index contributed by atoms with van der Waals surface area (Å²) in [6, 6.07) is 11.0. The van der Waals surface area contributed by atoms with Gasteiger partial charge in [-0.05, 0) is 42.1 Å². The number of rotatable bonds is 1. The van der Waals surface area contributed by atoms with Gasteiger partial charge in [-0.25, -0.2) is 0 Å². The van der Waals surface area contributed by atoms with E-state index in [4.69, 9.17) is 0 Å². The van der Waals surface area contributed by atoms with Crippen LogP contribution in [-0.4, -0.2) is 0 Å². The summed E-state index contributed by atoms with van der Waals surface area (Å²) in [5.74, 6) is 1.66. The van der Waals surface area contributed by atoms with Gasteiger partial charge in [-0.15, -0.1) is 0 Å². The molecule has 1 aromatic rings. The first kappa shape index (κ1) is 18.2. The molecule has 2 atom stereocenters. The molecule has 0 aliphatic heterocycles. The molecule has 0 amide bonds. The van der Waals surface area contributed by atoms with Crippen molar-refractivity contribution in [3.63, 3.8) is 0 Å². The van der Waals surface area contributed by atoms with E-state index in [2.05, 4.69) is 51.1 Å². The molecule has 0 spiro atoms. The van der Waals surface area contributed by atoms with Crippen molar-refractivity contribution in [2.24, 2.45) is 11.3 Å². The van der Waals surface area contributed by atoms with Gasteiger partial charge in [0.1, 0.15) is 0 Å². The summed E-state index contributed by atoms with van der Waals surface area (Å²) in [5.41, 5.74) is 2.05. The van der Waals surface area contributed by atoms with Gasteiger partial charge in [0.15, 0.2) is 0 Å². The summed E-state index contributed by atoms with van der Waals surface area (Å²) in [6.07, 6.45) is 4.10. The van der Waals surface area contributed by atoms with Crippen molar-refractivity contribution in [2.45, 2.75) is 73.6 Å². The third-order valence-electron chi connectivity index (χ3n) is 4.33. The van der Waals surface area contributed by atoms with E-state index in [1.165, 1.54) is 24.8 Å². The Labute approximate surface area is 121 Å². The maximum Gasteiger partial charge on any atom is -0.0157 e. The van der Waals surface area contributed by atoms with Gasteiger partial charge in [-0.2, -0.15) is 0 Å². The van der Waals surface area contributed by atoms with Crippen molar-refractivity contribution < 1.29 is 0 Å². The molecule has 2 rings (SSSR count). The Morgan fingerprint density at radius 2 is 1.42 bits per heavy atom. The zero-order valence-corrected chi connectivity index (χ0v) is 14.2. The highest BCUT2D eigenvalue weighted by Gasteiger charge is 2.34. The first-order valence-corrected chi connectivity index (χ1v) is 8.14. The van der Waals surface area contributed by atoms with E-state index in [0.29, 0.717) is 5.41 Å². The monoisotopic (exact) mass is 262 g/mol. The first-order valence-electron chi connectivity index (χ1n) is 8.14. The highest BCUT2D eigenvalue weighted by atomic mass is 14.4. The van der Waals surface area contributed by atoms with Crippen molar-refractivity contribution in [2.75, 3.05) is 0 Å². The molecule has 1 aliphatic carbocycles. The maximum absolute atomic E-state index is 2.42. The summed E-state index contributed by atoms with van der Waals surface area (Å²) < 4.78 is 0. The molecular formula is C19H34. The van der Waals surface area contributed by atoms with Crippen LogP contribution in [0.3, 0.4) is 0 Å². The topological polar surface area (TPSA) is 0 Å². The van der Waals surface area contributed by atoms with E-state index >= 15 is 0 Å². The van der Waals surface area contributed by atoms with E-state index in [9.17, 15) is 0 Å². The Kier molecular flexibility index (Phi) is 8.80. The smallest absolute Gasteiger partial charge is 0.0157 e. The predicted octanol–water partition coefficient (Wildman–Crippen LogP) is 6.67. The van der Waals surface area contributed by atoms with Crippen LogP contribution in [0.1, 0.15) is 79.2 Å². The Hall–Kier alpha value is -0.780. The van der Waals surface area contributed by atoms with Gasteiger partial charge in [0.05, 0.1) is 0 Å². The fraction of sp³-hybridized carbons (Fsp3) is 0.684.